The number of hydrogen-bond donors (Lipinski definition) is 0. The molecule has 0 aromatic heterocycles. The summed E-state index contributed by atoms with van der Waals surface area (Å²) in [4.78, 5) is 10.6. The second-order valence-corrected chi connectivity index (χ2v) is 8.09. The summed E-state index contributed by atoms with van der Waals surface area (Å²) < 4.78 is 87.8. The standard InChI is InChI=1S/C20H9Br2F6NO4/c21-13-7-10(19(23,24)25)1-5-16(13)32-12-3-4-15(29(30)31)18(9-12)33-17-6-2-11(8-14(17)22)20(26,27)28/h1-9H. The fourth-order valence-corrected chi connectivity index (χ4v) is 3.48. The van der Waals surface area contributed by atoms with Gasteiger partial charge in [0.05, 0.1) is 25.0 Å². The minimum absolute atomic E-state index is 0.0153. The second kappa shape index (κ2) is 9.21. The van der Waals surface area contributed by atoms with Crippen LogP contribution in [0.5, 0.6) is 23.0 Å². The molecule has 0 bridgehead atoms. The topological polar surface area (TPSA) is 61.6 Å². The maximum Gasteiger partial charge on any atom is 0.416 e. The van der Waals surface area contributed by atoms with Crippen LogP contribution < -0.4 is 9.47 Å². The highest BCUT2D eigenvalue weighted by molar-refractivity contribution is 9.10. The number of benzene rings is 3. The van der Waals surface area contributed by atoms with E-state index in [0.717, 1.165) is 48.5 Å². The molecule has 0 aliphatic carbocycles. The van der Waals surface area contributed by atoms with Gasteiger partial charge in [-0.2, -0.15) is 26.3 Å². The van der Waals surface area contributed by atoms with E-state index in [-0.39, 0.29) is 31.9 Å². The molecular weight excluding hydrogens is 592 g/mol. The Morgan fingerprint density at radius 3 is 1.61 bits per heavy atom. The van der Waals surface area contributed by atoms with Crippen LogP contribution in [0.3, 0.4) is 0 Å². The highest BCUT2D eigenvalue weighted by Crippen LogP contribution is 2.42. The van der Waals surface area contributed by atoms with Crippen molar-refractivity contribution in [3.05, 3.63) is 84.8 Å². The highest BCUT2D eigenvalue weighted by Gasteiger charge is 2.32. The molecule has 3 aromatic rings. The first kappa shape index (κ1) is 24.8. The Morgan fingerprint density at radius 2 is 1.18 bits per heavy atom. The number of ether oxygens (including phenoxy) is 2. The van der Waals surface area contributed by atoms with Crippen molar-refractivity contribution in [2.24, 2.45) is 0 Å². The summed E-state index contributed by atoms with van der Waals surface area (Å²) in [6, 6.07) is 8.44. The zero-order valence-corrected chi connectivity index (χ0v) is 19.0. The number of nitrogens with zero attached hydrogens (tertiary/aromatic N) is 1. The summed E-state index contributed by atoms with van der Waals surface area (Å²) in [5.41, 5.74) is -2.39. The molecule has 33 heavy (non-hydrogen) atoms. The Kier molecular flexibility index (Phi) is 6.93. The first-order valence-corrected chi connectivity index (χ1v) is 10.2. The Morgan fingerprint density at radius 1 is 0.697 bits per heavy atom. The van der Waals surface area contributed by atoms with Gasteiger partial charge in [-0.15, -0.1) is 0 Å². The van der Waals surface area contributed by atoms with Crippen LogP contribution >= 0.6 is 31.9 Å². The van der Waals surface area contributed by atoms with Gasteiger partial charge >= 0.3 is 18.0 Å². The quantitative estimate of drug-likeness (QED) is 0.167. The molecule has 0 unspecified atom stereocenters. The number of halogens is 8. The van der Waals surface area contributed by atoms with Gasteiger partial charge in [0, 0.05) is 12.1 Å². The number of hydrogen-bond acceptors (Lipinski definition) is 4. The van der Waals surface area contributed by atoms with E-state index in [4.69, 9.17) is 9.47 Å². The molecule has 0 N–H and O–H groups in total. The van der Waals surface area contributed by atoms with Crippen LogP contribution in [0.25, 0.3) is 0 Å². The molecule has 0 aliphatic heterocycles. The van der Waals surface area contributed by atoms with E-state index in [2.05, 4.69) is 31.9 Å². The normalized spacial score (nSPS) is 11.9. The average molecular weight is 601 g/mol. The van der Waals surface area contributed by atoms with Crippen molar-refractivity contribution < 1.29 is 40.7 Å². The van der Waals surface area contributed by atoms with Crippen LogP contribution in [0.4, 0.5) is 32.0 Å². The van der Waals surface area contributed by atoms with Crippen molar-refractivity contribution >= 4 is 37.5 Å². The minimum Gasteiger partial charge on any atom is -0.456 e. The lowest BCUT2D eigenvalue weighted by atomic mass is 10.2. The molecule has 13 heteroatoms. The van der Waals surface area contributed by atoms with Crippen molar-refractivity contribution in [1.82, 2.24) is 0 Å². The largest absolute Gasteiger partial charge is 0.456 e. The molecule has 0 saturated heterocycles. The molecular formula is C20H9Br2F6NO4. The molecule has 0 spiro atoms. The lowest BCUT2D eigenvalue weighted by Crippen LogP contribution is -2.05. The Bertz CT molecular complexity index is 1210. The highest BCUT2D eigenvalue weighted by atomic mass is 79.9. The van der Waals surface area contributed by atoms with E-state index >= 15 is 0 Å². The number of rotatable bonds is 5. The zero-order valence-electron chi connectivity index (χ0n) is 15.8. The van der Waals surface area contributed by atoms with E-state index in [1.54, 1.807) is 0 Å². The van der Waals surface area contributed by atoms with Crippen LogP contribution in [0.1, 0.15) is 11.1 Å². The van der Waals surface area contributed by atoms with Crippen LogP contribution in [0.15, 0.2) is 63.5 Å². The van der Waals surface area contributed by atoms with Crippen molar-refractivity contribution in [2.45, 2.75) is 12.4 Å². The van der Waals surface area contributed by atoms with Gasteiger partial charge in [0.25, 0.3) is 0 Å². The van der Waals surface area contributed by atoms with E-state index in [1.165, 1.54) is 6.07 Å². The summed E-state index contributed by atoms with van der Waals surface area (Å²) in [5, 5.41) is 11.3. The SMILES string of the molecule is O=[N+]([O-])c1ccc(Oc2ccc(C(F)(F)F)cc2Br)cc1Oc1ccc(C(F)(F)F)cc1Br. The van der Waals surface area contributed by atoms with Gasteiger partial charge in [-0.1, -0.05) is 0 Å². The van der Waals surface area contributed by atoms with Crippen LogP contribution in [0.2, 0.25) is 0 Å². The van der Waals surface area contributed by atoms with Crippen molar-refractivity contribution in [1.29, 1.82) is 0 Å². The molecule has 0 saturated carbocycles. The zero-order chi connectivity index (χ0) is 24.6. The lowest BCUT2D eigenvalue weighted by molar-refractivity contribution is -0.385. The molecule has 0 fully saturated rings. The third-order valence-electron chi connectivity index (χ3n) is 4.09. The summed E-state index contributed by atoms with van der Waals surface area (Å²) in [6.07, 6.45) is -9.17. The van der Waals surface area contributed by atoms with Crippen LogP contribution in [0, 0.1) is 10.1 Å². The molecule has 3 aromatic carbocycles. The van der Waals surface area contributed by atoms with Gasteiger partial charge in [-0.3, -0.25) is 10.1 Å². The third-order valence-corrected chi connectivity index (χ3v) is 5.33. The van der Waals surface area contributed by atoms with E-state index < -0.39 is 34.1 Å². The number of nitro groups is 1. The average Bonchev–Trinajstić information content (AvgIpc) is 2.69. The summed E-state index contributed by atoms with van der Waals surface area (Å²) in [7, 11) is 0. The number of nitro benzene ring substituents is 1. The summed E-state index contributed by atoms with van der Waals surface area (Å²) >= 11 is 5.92. The first-order valence-electron chi connectivity index (χ1n) is 8.63. The van der Waals surface area contributed by atoms with Gasteiger partial charge in [0.1, 0.15) is 17.2 Å². The monoisotopic (exact) mass is 599 g/mol. The van der Waals surface area contributed by atoms with E-state index in [0.29, 0.717) is 0 Å². The fraction of sp³-hybridized carbons (Fsp3) is 0.100. The number of alkyl halides is 6. The van der Waals surface area contributed by atoms with Gasteiger partial charge < -0.3 is 9.47 Å². The Hall–Kier alpha value is -2.80. The molecule has 0 amide bonds. The third kappa shape index (κ3) is 5.96. The maximum atomic E-state index is 12.8. The summed E-state index contributed by atoms with van der Waals surface area (Å²) in [5.74, 6) is -0.544. The first-order chi connectivity index (χ1) is 15.3. The predicted molar refractivity (Wildman–Crippen MR) is 112 cm³/mol. The van der Waals surface area contributed by atoms with E-state index in [9.17, 15) is 36.5 Å². The smallest absolute Gasteiger partial charge is 0.416 e. The van der Waals surface area contributed by atoms with Gasteiger partial charge in [-0.05, 0) is 74.3 Å². The predicted octanol–water partition coefficient (Wildman–Crippen LogP) is 8.74. The van der Waals surface area contributed by atoms with Crippen molar-refractivity contribution in [3.8, 4) is 23.0 Å². The molecule has 0 heterocycles. The molecule has 0 aliphatic rings. The van der Waals surface area contributed by atoms with Crippen LogP contribution in [-0.4, -0.2) is 4.92 Å². The van der Waals surface area contributed by atoms with E-state index in [1.807, 2.05) is 0 Å². The second-order valence-electron chi connectivity index (χ2n) is 6.38. The maximum absolute atomic E-state index is 12.8. The van der Waals surface area contributed by atoms with Crippen molar-refractivity contribution in [2.75, 3.05) is 0 Å². The fourth-order valence-electron chi connectivity index (χ4n) is 2.56. The molecule has 0 atom stereocenters. The Balaban J connectivity index is 1.93. The van der Waals surface area contributed by atoms with Gasteiger partial charge in [0.2, 0.25) is 5.75 Å². The molecule has 174 valence electrons. The van der Waals surface area contributed by atoms with Crippen LogP contribution in [-0.2, 0) is 12.4 Å². The Labute approximate surface area is 198 Å². The van der Waals surface area contributed by atoms with Crippen molar-refractivity contribution in [3.63, 3.8) is 0 Å². The molecule has 5 nitrogen and oxygen atoms in total. The lowest BCUT2D eigenvalue weighted by Gasteiger charge is -2.14. The molecule has 0 radical (unpaired) electrons. The molecule has 3 rings (SSSR count). The summed E-state index contributed by atoms with van der Waals surface area (Å²) in [6.45, 7) is 0. The van der Waals surface area contributed by atoms with Gasteiger partial charge in [-0.25, -0.2) is 0 Å². The van der Waals surface area contributed by atoms with Gasteiger partial charge in [0.15, 0.2) is 0 Å². The minimum atomic E-state index is -4.60.